The highest BCUT2D eigenvalue weighted by atomic mass is 16.5. The minimum atomic E-state index is -0.614. The van der Waals surface area contributed by atoms with E-state index in [0.29, 0.717) is 12.0 Å². The van der Waals surface area contributed by atoms with Crippen LogP contribution in [0.4, 0.5) is 0 Å². The lowest BCUT2D eigenvalue weighted by Gasteiger charge is -2.09. The summed E-state index contributed by atoms with van der Waals surface area (Å²) in [7, 11) is 4.77. The maximum Gasteiger partial charge on any atom is 0.352 e. The number of hydrogen-bond acceptors (Lipinski definition) is 4. The minimum Gasteiger partial charge on any atom is -0.465 e. The van der Waals surface area contributed by atoms with Gasteiger partial charge in [0.2, 0.25) is 5.91 Å². The lowest BCUT2D eigenvalue weighted by molar-refractivity contribution is -0.132. The Morgan fingerprint density at radius 3 is 2.48 bits per heavy atom. The molecule has 0 aliphatic heterocycles. The number of aryl methyl sites for hydroxylation is 1. The van der Waals surface area contributed by atoms with Crippen LogP contribution in [0.25, 0.3) is 0 Å². The van der Waals surface area contributed by atoms with Gasteiger partial charge < -0.3 is 9.64 Å². The van der Waals surface area contributed by atoms with Gasteiger partial charge in [-0.25, -0.2) is 9.79 Å². The highest BCUT2D eigenvalue weighted by molar-refractivity contribution is 6.37. The van der Waals surface area contributed by atoms with E-state index < -0.39 is 11.9 Å². The Balaban J connectivity index is 2.54. The molecule has 0 spiro atoms. The van der Waals surface area contributed by atoms with Crippen molar-refractivity contribution in [3.63, 3.8) is 0 Å². The molecule has 0 N–H and O–H groups in total. The number of nitrogens with zero attached hydrogens (tertiary/aromatic N) is 2. The fourth-order valence-electron chi connectivity index (χ4n) is 2.28. The summed E-state index contributed by atoms with van der Waals surface area (Å²) in [5, 5.41) is 0. The molecule has 6 nitrogen and oxygen atoms in total. The SMILES string of the molecule is COC(=O)C(C)=NC(=O)c1cccc(CCCCCC(=O)N(C)C)c1. The molecule has 0 aliphatic carbocycles. The van der Waals surface area contributed by atoms with Crippen LogP contribution in [0.3, 0.4) is 0 Å². The first-order valence-electron chi connectivity index (χ1n) is 8.32. The molecule has 136 valence electrons. The molecule has 0 unspecified atom stereocenters. The van der Waals surface area contributed by atoms with Crippen LogP contribution in [-0.4, -0.2) is 49.6 Å². The van der Waals surface area contributed by atoms with E-state index in [4.69, 9.17) is 0 Å². The number of aliphatic imine (C=N–C) groups is 1. The van der Waals surface area contributed by atoms with Gasteiger partial charge in [-0.2, -0.15) is 0 Å². The maximum absolute atomic E-state index is 12.1. The number of carbonyl (C=O) groups is 3. The molecule has 0 radical (unpaired) electrons. The largest absolute Gasteiger partial charge is 0.465 e. The van der Waals surface area contributed by atoms with Crippen LogP contribution in [-0.2, 0) is 20.7 Å². The summed E-state index contributed by atoms with van der Waals surface area (Å²) in [6.07, 6.45) is 4.16. The van der Waals surface area contributed by atoms with Crippen LogP contribution >= 0.6 is 0 Å². The predicted molar refractivity (Wildman–Crippen MR) is 96.8 cm³/mol. The van der Waals surface area contributed by atoms with Crippen molar-refractivity contribution < 1.29 is 19.1 Å². The van der Waals surface area contributed by atoms with Crippen molar-refractivity contribution in [2.24, 2.45) is 4.99 Å². The number of carbonyl (C=O) groups excluding carboxylic acids is 3. The third kappa shape index (κ3) is 7.28. The van der Waals surface area contributed by atoms with Crippen LogP contribution in [0.5, 0.6) is 0 Å². The van der Waals surface area contributed by atoms with Crippen molar-refractivity contribution in [2.75, 3.05) is 21.2 Å². The molecule has 0 heterocycles. The fourth-order valence-corrected chi connectivity index (χ4v) is 2.28. The minimum absolute atomic E-state index is 0.0310. The highest BCUT2D eigenvalue weighted by Gasteiger charge is 2.10. The Hall–Kier alpha value is -2.50. The molecule has 0 aromatic heterocycles. The van der Waals surface area contributed by atoms with E-state index >= 15 is 0 Å². The molecular formula is C19H26N2O4. The second kappa shape index (κ2) is 10.4. The van der Waals surface area contributed by atoms with Gasteiger partial charge in [0.25, 0.3) is 5.91 Å². The quantitative estimate of drug-likeness (QED) is 0.412. The van der Waals surface area contributed by atoms with Crippen molar-refractivity contribution >= 4 is 23.5 Å². The molecule has 25 heavy (non-hydrogen) atoms. The second-order valence-electron chi connectivity index (χ2n) is 6.04. The summed E-state index contributed by atoms with van der Waals surface area (Å²) >= 11 is 0. The fraction of sp³-hybridized carbons (Fsp3) is 0.474. The first kappa shape index (κ1) is 20.5. The molecular weight excluding hydrogens is 320 g/mol. The highest BCUT2D eigenvalue weighted by Crippen LogP contribution is 2.12. The number of amides is 2. The number of esters is 1. The standard InChI is InChI=1S/C19H26N2O4/c1-14(19(24)25-4)20-18(23)16-11-8-10-15(13-16)9-6-5-7-12-17(22)21(2)3/h8,10-11,13H,5-7,9,12H2,1-4H3. The van der Waals surface area contributed by atoms with E-state index in [0.717, 1.165) is 31.2 Å². The summed E-state index contributed by atoms with van der Waals surface area (Å²) < 4.78 is 4.53. The Morgan fingerprint density at radius 2 is 1.84 bits per heavy atom. The molecule has 1 rings (SSSR count). The number of benzene rings is 1. The molecule has 1 aromatic rings. The van der Waals surface area contributed by atoms with Gasteiger partial charge in [-0.05, 0) is 43.9 Å². The van der Waals surface area contributed by atoms with Gasteiger partial charge in [0.15, 0.2) is 0 Å². The number of methoxy groups -OCH3 is 1. The first-order valence-corrected chi connectivity index (χ1v) is 8.32. The van der Waals surface area contributed by atoms with Crippen LogP contribution < -0.4 is 0 Å². The summed E-state index contributed by atoms with van der Waals surface area (Å²) in [6.45, 7) is 1.45. The van der Waals surface area contributed by atoms with Crippen LogP contribution in [0, 0.1) is 0 Å². The zero-order valence-electron chi connectivity index (χ0n) is 15.4. The van der Waals surface area contributed by atoms with E-state index in [1.807, 2.05) is 6.07 Å². The summed E-state index contributed by atoms with van der Waals surface area (Å²) in [5.41, 5.74) is 1.52. The molecule has 1 aromatic carbocycles. The Morgan fingerprint density at radius 1 is 1.12 bits per heavy atom. The Kier molecular flexibility index (Phi) is 8.53. The third-order valence-electron chi connectivity index (χ3n) is 3.78. The average Bonchev–Trinajstić information content (AvgIpc) is 2.60. The van der Waals surface area contributed by atoms with Gasteiger partial charge in [-0.1, -0.05) is 18.6 Å². The van der Waals surface area contributed by atoms with E-state index in [1.54, 1.807) is 37.2 Å². The van der Waals surface area contributed by atoms with Crippen LogP contribution in [0.15, 0.2) is 29.3 Å². The molecule has 0 bridgehead atoms. The van der Waals surface area contributed by atoms with E-state index in [-0.39, 0.29) is 11.6 Å². The molecule has 0 fully saturated rings. The number of ether oxygens (including phenoxy) is 1. The van der Waals surface area contributed by atoms with Crippen molar-refractivity contribution in [1.29, 1.82) is 0 Å². The monoisotopic (exact) mass is 346 g/mol. The number of hydrogen-bond donors (Lipinski definition) is 0. The molecule has 0 atom stereocenters. The Bertz CT molecular complexity index is 651. The molecule has 6 heteroatoms. The average molecular weight is 346 g/mol. The lowest BCUT2D eigenvalue weighted by atomic mass is 10.0. The van der Waals surface area contributed by atoms with Gasteiger partial charge in [-0.3, -0.25) is 9.59 Å². The van der Waals surface area contributed by atoms with Crippen LogP contribution in [0.2, 0.25) is 0 Å². The van der Waals surface area contributed by atoms with Crippen molar-refractivity contribution in [3.05, 3.63) is 35.4 Å². The van der Waals surface area contributed by atoms with E-state index in [9.17, 15) is 14.4 Å². The van der Waals surface area contributed by atoms with Gasteiger partial charge in [0.05, 0.1) is 7.11 Å². The number of unbranched alkanes of at least 4 members (excludes halogenated alkanes) is 2. The lowest BCUT2D eigenvalue weighted by Crippen LogP contribution is -2.20. The van der Waals surface area contributed by atoms with Gasteiger partial charge in [-0.15, -0.1) is 0 Å². The zero-order valence-corrected chi connectivity index (χ0v) is 15.4. The van der Waals surface area contributed by atoms with Gasteiger partial charge >= 0.3 is 5.97 Å². The predicted octanol–water partition coefficient (Wildman–Crippen LogP) is 2.65. The zero-order chi connectivity index (χ0) is 18.8. The normalized spacial score (nSPS) is 11.1. The molecule has 0 saturated carbocycles. The van der Waals surface area contributed by atoms with E-state index in [2.05, 4.69) is 9.73 Å². The topological polar surface area (TPSA) is 76.0 Å². The Labute approximate surface area is 148 Å². The third-order valence-corrected chi connectivity index (χ3v) is 3.78. The summed E-state index contributed by atoms with van der Waals surface area (Å²) in [6, 6.07) is 7.23. The van der Waals surface area contributed by atoms with Crippen molar-refractivity contribution in [3.8, 4) is 0 Å². The summed E-state index contributed by atoms with van der Waals surface area (Å²) in [5.74, 6) is -0.926. The maximum atomic E-state index is 12.1. The molecule has 0 aliphatic rings. The second-order valence-corrected chi connectivity index (χ2v) is 6.04. The molecule has 0 saturated heterocycles. The van der Waals surface area contributed by atoms with Gasteiger partial charge in [0, 0.05) is 26.1 Å². The van der Waals surface area contributed by atoms with Crippen molar-refractivity contribution in [2.45, 2.75) is 39.0 Å². The number of rotatable bonds is 8. The smallest absolute Gasteiger partial charge is 0.352 e. The van der Waals surface area contributed by atoms with Crippen molar-refractivity contribution in [1.82, 2.24) is 4.90 Å². The van der Waals surface area contributed by atoms with Crippen LogP contribution in [0.1, 0.15) is 48.5 Å². The van der Waals surface area contributed by atoms with Gasteiger partial charge in [0.1, 0.15) is 5.71 Å². The molecule has 2 amide bonds. The van der Waals surface area contributed by atoms with E-state index in [1.165, 1.54) is 14.0 Å². The summed E-state index contributed by atoms with van der Waals surface area (Å²) in [4.78, 5) is 40.3. The first-order chi connectivity index (χ1) is 11.8.